The predicted octanol–water partition coefficient (Wildman–Crippen LogP) is 5.59. The van der Waals surface area contributed by atoms with E-state index in [-0.39, 0.29) is 11.6 Å². The van der Waals surface area contributed by atoms with Gasteiger partial charge in [-0.3, -0.25) is 10.1 Å². The van der Waals surface area contributed by atoms with Crippen LogP contribution < -0.4 is 9.54 Å². The number of methoxy groups -OCH3 is 1. The number of fused-ring (bicyclic) bond motifs is 1. The average Bonchev–Trinajstić information content (AvgIpc) is 3.55. The first-order chi connectivity index (χ1) is 16.1. The molecule has 0 fully saturated rings. The second-order valence-electron chi connectivity index (χ2n) is 6.85. The third kappa shape index (κ3) is 4.19. The van der Waals surface area contributed by atoms with Gasteiger partial charge in [0.1, 0.15) is 21.9 Å². The number of nitrogens with zero attached hydrogens (tertiary/aromatic N) is 4. The minimum Gasteiger partial charge on any atom is -0.497 e. The fourth-order valence-electron chi connectivity index (χ4n) is 3.18. The van der Waals surface area contributed by atoms with Crippen LogP contribution in [0, 0.1) is 10.1 Å². The van der Waals surface area contributed by atoms with Gasteiger partial charge in [-0.05, 0) is 30.3 Å². The van der Waals surface area contributed by atoms with Crippen molar-refractivity contribution in [2.24, 2.45) is 10.1 Å². The van der Waals surface area contributed by atoms with Gasteiger partial charge in [-0.15, -0.1) is 11.3 Å². The van der Waals surface area contributed by atoms with Gasteiger partial charge in [0.25, 0.3) is 0 Å². The zero-order chi connectivity index (χ0) is 22.8. The molecule has 0 spiro atoms. The fourth-order valence-corrected chi connectivity index (χ4v) is 4.02. The summed E-state index contributed by atoms with van der Waals surface area (Å²) in [6.07, 6.45) is 1.40. The highest BCUT2D eigenvalue weighted by atomic mass is 32.1. The highest BCUT2D eigenvalue weighted by molar-refractivity contribution is 7.07. The van der Waals surface area contributed by atoms with Crippen LogP contribution in [0.25, 0.3) is 22.4 Å². The molecule has 0 atom stereocenters. The summed E-state index contributed by atoms with van der Waals surface area (Å²) in [4.78, 5) is 15.6. The number of para-hydroxylation sites is 1. The van der Waals surface area contributed by atoms with E-state index in [9.17, 15) is 10.1 Å². The number of hydrogen-bond acceptors (Lipinski definition) is 8. The van der Waals surface area contributed by atoms with Gasteiger partial charge in [-0.1, -0.05) is 24.3 Å². The number of hydrogen-bond donors (Lipinski definition) is 0. The molecule has 3 aromatic heterocycles. The van der Waals surface area contributed by atoms with Crippen molar-refractivity contribution in [3.8, 4) is 17.2 Å². The van der Waals surface area contributed by atoms with E-state index in [1.54, 1.807) is 11.8 Å². The topological polar surface area (TPSA) is 108 Å². The molecule has 33 heavy (non-hydrogen) atoms. The van der Waals surface area contributed by atoms with Gasteiger partial charge in [0.15, 0.2) is 11.5 Å². The van der Waals surface area contributed by atoms with E-state index in [1.807, 2.05) is 60.0 Å². The van der Waals surface area contributed by atoms with E-state index in [0.717, 1.165) is 11.0 Å². The molecule has 9 nitrogen and oxygen atoms in total. The molecule has 2 aromatic carbocycles. The Balaban J connectivity index is 1.63. The van der Waals surface area contributed by atoms with Crippen molar-refractivity contribution in [2.75, 3.05) is 7.11 Å². The number of benzene rings is 2. The van der Waals surface area contributed by atoms with Gasteiger partial charge in [0.2, 0.25) is 4.80 Å². The molecule has 0 aliphatic rings. The van der Waals surface area contributed by atoms with Gasteiger partial charge in [0.05, 0.1) is 25.1 Å². The molecule has 5 aromatic rings. The van der Waals surface area contributed by atoms with Crippen molar-refractivity contribution in [3.63, 3.8) is 0 Å². The third-order valence-electron chi connectivity index (χ3n) is 4.73. The summed E-state index contributed by atoms with van der Waals surface area (Å²) in [6.45, 7) is 0. The summed E-state index contributed by atoms with van der Waals surface area (Å²) >= 11 is 1.38. The van der Waals surface area contributed by atoms with E-state index in [1.165, 1.54) is 29.7 Å². The van der Waals surface area contributed by atoms with E-state index in [2.05, 4.69) is 5.10 Å². The molecule has 0 unspecified atom stereocenters. The maximum absolute atomic E-state index is 10.9. The first-order valence-corrected chi connectivity index (χ1v) is 10.7. The summed E-state index contributed by atoms with van der Waals surface area (Å²) in [6, 6.07) is 19.7. The molecule has 0 bridgehead atoms. The Kier molecular flexibility index (Phi) is 5.33. The van der Waals surface area contributed by atoms with Crippen LogP contribution in [-0.2, 0) is 0 Å². The number of thiazole rings is 1. The van der Waals surface area contributed by atoms with E-state index in [0.29, 0.717) is 27.7 Å². The van der Waals surface area contributed by atoms with Crippen molar-refractivity contribution in [3.05, 3.63) is 92.8 Å². The summed E-state index contributed by atoms with van der Waals surface area (Å²) in [7, 11) is 1.59. The molecule has 3 heterocycles. The average molecular weight is 460 g/mol. The molecule has 0 aliphatic carbocycles. The number of aromatic nitrogens is 1. The largest absolute Gasteiger partial charge is 0.497 e. The second kappa shape index (κ2) is 8.60. The highest BCUT2D eigenvalue weighted by Gasteiger charge is 2.14. The zero-order valence-corrected chi connectivity index (χ0v) is 18.1. The van der Waals surface area contributed by atoms with Crippen LogP contribution in [0.3, 0.4) is 0 Å². The van der Waals surface area contributed by atoms with Crippen molar-refractivity contribution < 1.29 is 18.5 Å². The van der Waals surface area contributed by atoms with Crippen LogP contribution in [0.1, 0.15) is 5.76 Å². The Morgan fingerprint density at radius 3 is 2.76 bits per heavy atom. The molecule has 0 saturated heterocycles. The minimum absolute atomic E-state index is 0.239. The van der Waals surface area contributed by atoms with Crippen molar-refractivity contribution in [2.45, 2.75) is 0 Å². The lowest BCUT2D eigenvalue weighted by Crippen LogP contribution is -2.11. The molecule has 10 heteroatoms. The Bertz CT molecular complexity index is 1520. The fraction of sp³-hybridized carbons (Fsp3) is 0.0435. The predicted molar refractivity (Wildman–Crippen MR) is 124 cm³/mol. The molecule has 5 rings (SSSR count). The molecule has 0 aliphatic heterocycles. The van der Waals surface area contributed by atoms with Gasteiger partial charge in [-0.2, -0.15) is 5.10 Å². The molecular formula is C23H16N4O5S. The Labute approximate surface area is 190 Å². The van der Waals surface area contributed by atoms with E-state index < -0.39 is 4.92 Å². The summed E-state index contributed by atoms with van der Waals surface area (Å²) in [5, 5.41) is 18.3. The van der Waals surface area contributed by atoms with Crippen LogP contribution in [0.4, 0.5) is 11.6 Å². The standard InChI is InChI=1S/C23H16N4O5S/c1-30-17-7-4-6-16(12-17)25-23-26(24-13-18-9-10-22(31-18)27(28)29)19(14-33-23)21-11-15-5-2-3-8-20(15)32-21/h2-14H,1H3. The Hall–Kier alpha value is -4.44. The van der Waals surface area contributed by atoms with Crippen LogP contribution in [0.2, 0.25) is 0 Å². The molecule has 164 valence electrons. The SMILES string of the molecule is COc1cccc(N=c2scc(-c3cc4ccccc4o3)n2N=Cc2ccc([N+](=O)[O-])o2)c1. The minimum atomic E-state index is -0.599. The monoisotopic (exact) mass is 460 g/mol. The third-order valence-corrected chi connectivity index (χ3v) is 5.55. The van der Waals surface area contributed by atoms with Crippen LogP contribution >= 0.6 is 11.3 Å². The van der Waals surface area contributed by atoms with E-state index >= 15 is 0 Å². The first-order valence-electron chi connectivity index (χ1n) is 9.77. The van der Waals surface area contributed by atoms with Crippen molar-refractivity contribution in [1.29, 1.82) is 0 Å². The maximum atomic E-state index is 10.9. The molecule has 0 saturated carbocycles. The zero-order valence-electron chi connectivity index (χ0n) is 17.2. The lowest BCUT2D eigenvalue weighted by Gasteiger charge is -2.01. The molecule has 0 N–H and O–H groups in total. The molecule has 0 amide bonds. The number of rotatable bonds is 6. The Morgan fingerprint density at radius 2 is 1.97 bits per heavy atom. The van der Waals surface area contributed by atoms with Crippen molar-refractivity contribution in [1.82, 2.24) is 4.68 Å². The molecule has 0 radical (unpaired) electrons. The van der Waals surface area contributed by atoms with Gasteiger partial charge >= 0.3 is 5.88 Å². The quantitative estimate of drug-likeness (QED) is 0.186. The van der Waals surface area contributed by atoms with Gasteiger partial charge in [0, 0.05) is 16.8 Å². The lowest BCUT2D eigenvalue weighted by atomic mass is 10.2. The first kappa shape index (κ1) is 20.5. The van der Waals surface area contributed by atoms with Crippen LogP contribution in [0.15, 0.2) is 91.0 Å². The van der Waals surface area contributed by atoms with Crippen molar-refractivity contribution >= 4 is 40.1 Å². The van der Waals surface area contributed by atoms with E-state index in [4.69, 9.17) is 18.6 Å². The maximum Gasteiger partial charge on any atom is 0.433 e. The van der Waals surface area contributed by atoms with Crippen LogP contribution in [-0.4, -0.2) is 22.9 Å². The lowest BCUT2D eigenvalue weighted by molar-refractivity contribution is -0.402. The van der Waals surface area contributed by atoms with Crippen LogP contribution in [0.5, 0.6) is 5.75 Å². The summed E-state index contributed by atoms with van der Waals surface area (Å²) in [5.74, 6) is 1.18. The number of ether oxygens (including phenoxy) is 1. The number of nitro groups is 1. The van der Waals surface area contributed by atoms with Gasteiger partial charge in [-0.25, -0.2) is 9.67 Å². The summed E-state index contributed by atoms with van der Waals surface area (Å²) in [5.41, 5.74) is 2.11. The molecular weight excluding hydrogens is 444 g/mol. The highest BCUT2D eigenvalue weighted by Crippen LogP contribution is 2.28. The second-order valence-corrected chi connectivity index (χ2v) is 7.69. The van der Waals surface area contributed by atoms with Gasteiger partial charge < -0.3 is 13.6 Å². The number of furan rings is 2. The Morgan fingerprint density at radius 1 is 1.09 bits per heavy atom. The smallest absolute Gasteiger partial charge is 0.433 e. The normalized spacial score (nSPS) is 12.1. The summed E-state index contributed by atoms with van der Waals surface area (Å²) < 4.78 is 18.1.